The van der Waals surface area contributed by atoms with Crippen LogP contribution in [0.4, 0.5) is 5.82 Å². The van der Waals surface area contributed by atoms with Crippen molar-refractivity contribution in [3.63, 3.8) is 0 Å². The van der Waals surface area contributed by atoms with Gasteiger partial charge in [0.05, 0.1) is 6.61 Å². The first-order valence-electron chi connectivity index (χ1n) is 4.83. The molecule has 0 aromatic carbocycles. The number of nitrogens with zero attached hydrogens (tertiary/aromatic N) is 1. The van der Waals surface area contributed by atoms with Gasteiger partial charge in [0.2, 0.25) is 0 Å². The number of methoxy groups -OCH3 is 1. The van der Waals surface area contributed by atoms with E-state index in [9.17, 15) is 8.42 Å². The quantitative estimate of drug-likeness (QED) is 0.767. The molecular weight excluding hydrogens is 310 g/mol. The lowest BCUT2D eigenvalue weighted by Crippen LogP contribution is -2.33. The molecule has 1 aromatic heterocycles. The third-order valence-electron chi connectivity index (χ3n) is 1.87. The molecule has 0 spiro atoms. The number of hydrogen-bond acceptors (Lipinski definition) is 4. The Kier molecular flexibility index (Phi) is 5.31. The molecule has 0 aliphatic heterocycles. The van der Waals surface area contributed by atoms with Gasteiger partial charge < -0.3 is 4.74 Å². The molecule has 0 saturated carbocycles. The molecule has 0 bridgehead atoms. The molecular formula is C9H14BrN3O3S. The second-order valence-corrected chi connectivity index (χ2v) is 5.73. The summed E-state index contributed by atoms with van der Waals surface area (Å²) in [7, 11) is -2.10. The van der Waals surface area contributed by atoms with Crippen molar-refractivity contribution in [3.8, 4) is 0 Å². The van der Waals surface area contributed by atoms with Gasteiger partial charge >= 0.3 is 0 Å². The third kappa shape index (κ3) is 4.99. The van der Waals surface area contributed by atoms with Crippen LogP contribution in [0.15, 0.2) is 16.7 Å². The normalized spacial score (nSPS) is 11.5. The van der Waals surface area contributed by atoms with E-state index in [0.29, 0.717) is 12.4 Å². The molecule has 0 radical (unpaired) electrons. The Morgan fingerprint density at radius 3 is 2.82 bits per heavy atom. The van der Waals surface area contributed by atoms with Crippen molar-refractivity contribution < 1.29 is 13.2 Å². The molecule has 17 heavy (non-hydrogen) atoms. The van der Waals surface area contributed by atoms with Gasteiger partial charge in [-0.1, -0.05) is 0 Å². The Morgan fingerprint density at radius 1 is 1.53 bits per heavy atom. The summed E-state index contributed by atoms with van der Waals surface area (Å²) in [6.45, 7) is 2.29. The molecule has 0 amide bonds. The molecule has 2 N–H and O–H groups in total. The fraction of sp³-hybridized carbons (Fsp3) is 0.444. The van der Waals surface area contributed by atoms with Gasteiger partial charge in [0.15, 0.2) is 0 Å². The lowest BCUT2D eigenvalue weighted by atomic mass is 10.3. The topological polar surface area (TPSA) is 80.3 Å². The third-order valence-corrected chi connectivity index (χ3v) is 3.35. The van der Waals surface area contributed by atoms with E-state index in [0.717, 1.165) is 10.0 Å². The highest BCUT2D eigenvalue weighted by Gasteiger charge is 2.11. The molecule has 0 aliphatic carbocycles. The molecule has 0 unspecified atom stereocenters. The molecule has 0 saturated heterocycles. The van der Waals surface area contributed by atoms with Crippen LogP contribution < -0.4 is 9.44 Å². The van der Waals surface area contributed by atoms with E-state index < -0.39 is 10.2 Å². The highest BCUT2D eigenvalue weighted by Crippen LogP contribution is 2.17. The van der Waals surface area contributed by atoms with Crippen LogP contribution in [0, 0.1) is 6.92 Å². The first-order valence-corrected chi connectivity index (χ1v) is 7.11. The molecule has 1 rings (SSSR count). The van der Waals surface area contributed by atoms with Crippen molar-refractivity contribution in [2.75, 3.05) is 25.0 Å². The van der Waals surface area contributed by atoms with Crippen molar-refractivity contribution in [2.45, 2.75) is 6.92 Å². The first-order chi connectivity index (χ1) is 7.94. The standard InChI is InChI=1S/C9H14BrN3O3S/c1-7-5-8(10)6-11-9(7)13-17(14,15)12-3-4-16-2/h5-6,12H,3-4H2,1-2H3,(H,11,13). The predicted octanol–water partition coefficient (Wildman–Crippen LogP) is 1.05. The maximum absolute atomic E-state index is 11.6. The van der Waals surface area contributed by atoms with Crippen LogP contribution in [-0.2, 0) is 14.9 Å². The highest BCUT2D eigenvalue weighted by atomic mass is 79.9. The summed E-state index contributed by atoms with van der Waals surface area (Å²) in [6.07, 6.45) is 1.53. The molecule has 6 nitrogen and oxygen atoms in total. The summed E-state index contributed by atoms with van der Waals surface area (Å²) in [5.41, 5.74) is 0.733. The Hall–Kier alpha value is -0.700. The maximum atomic E-state index is 11.6. The van der Waals surface area contributed by atoms with Gasteiger partial charge in [-0.25, -0.2) is 4.98 Å². The Labute approximate surface area is 109 Å². The minimum Gasteiger partial charge on any atom is -0.383 e. The molecule has 0 fully saturated rings. The number of aromatic nitrogens is 1. The van der Waals surface area contributed by atoms with Crippen molar-refractivity contribution >= 4 is 32.0 Å². The summed E-state index contributed by atoms with van der Waals surface area (Å²) in [6, 6.07) is 1.78. The van der Waals surface area contributed by atoms with Crippen molar-refractivity contribution in [3.05, 3.63) is 22.3 Å². The number of hydrogen-bond donors (Lipinski definition) is 2. The summed E-state index contributed by atoms with van der Waals surface area (Å²) in [5.74, 6) is 0.304. The van der Waals surface area contributed by atoms with E-state index in [2.05, 4.69) is 30.4 Å². The van der Waals surface area contributed by atoms with Crippen LogP contribution in [-0.4, -0.2) is 33.7 Å². The number of aryl methyl sites for hydroxylation is 1. The zero-order chi connectivity index (χ0) is 12.9. The number of rotatable bonds is 6. The number of halogens is 1. The van der Waals surface area contributed by atoms with Crippen LogP contribution >= 0.6 is 15.9 Å². The second kappa shape index (κ2) is 6.29. The van der Waals surface area contributed by atoms with Crippen LogP contribution in [0.3, 0.4) is 0 Å². The number of anilines is 1. The Balaban J connectivity index is 2.69. The van der Waals surface area contributed by atoms with E-state index in [1.54, 1.807) is 13.0 Å². The van der Waals surface area contributed by atoms with Gasteiger partial charge in [0, 0.05) is 24.3 Å². The van der Waals surface area contributed by atoms with Gasteiger partial charge in [-0.15, -0.1) is 0 Å². The van der Waals surface area contributed by atoms with Crippen LogP contribution in [0.1, 0.15) is 5.56 Å². The molecule has 1 heterocycles. The van der Waals surface area contributed by atoms with E-state index in [-0.39, 0.29) is 6.54 Å². The summed E-state index contributed by atoms with van der Waals surface area (Å²) in [5, 5.41) is 0. The van der Waals surface area contributed by atoms with Gasteiger partial charge in [-0.2, -0.15) is 13.1 Å². The van der Waals surface area contributed by atoms with E-state index >= 15 is 0 Å². The summed E-state index contributed by atoms with van der Waals surface area (Å²) in [4.78, 5) is 3.98. The van der Waals surface area contributed by atoms with Crippen molar-refractivity contribution in [1.29, 1.82) is 0 Å². The predicted molar refractivity (Wildman–Crippen MR) is 69.1 cm³/mol. The average Bonchev–Trinajstić information content (AvgIpc) is 2.22. The van der Waals surface area contributed by atoms with E-state index in [4.69, 9.17) is 4.74 Å². The average molecular weight is 324 g/mol. The highest BCUT2D eigenvalue weighted by molar-refractivity contribution is 9.10. The zero-order valence-corrected chi connectivity index (χ0v) is 11.9. The molecule has 0 atom stereocenters. The monoisotopic (exact) mass is 323 g/mol. The van der Waals surface area contributed by atoms with Gasteiger partial charge in [-0.3, -0.25) is 4.72 Å². The summed E-state index contributed by atoms with van der Waals surface area (Å²) >= 11 is 3.26. The second-order valence-electron chi connectivity index (χ2n) is 3.31. The van der Waals surface area contributed by atoms with Crippen molar-refractivity contribution in [2.24, 2.45) is 0 Å². The Bertz CT molecular complexity index is 478. The van der Waals surface area contributed by atoms with Crippen molar-refractivity contribution in [1.82, 2.24) is 9.71 Å². The van der Waals surface area contributed by atoms with Gasteiger partial charge in [0.25, 0.3) is 10.2 Å². The zero-order valence-electron chi connectivity index (χ0n) is 9.53. The summed E-state index contributed by atoms with van der Waals surface area (Å²) < 4.78 is 33.4. The molecule has 8 heteroatoms. The fourth-order valence-corrected chi connectivity index (χ4v) is 2.43. The molecule has 1 aromatic rings. The van der Waals surface area contributed by atoms with Crippen LogP contribution in [0.25, 0.3) is 0 Å². The Morgan fingerprint density at radius 2 is 2.24 bits per heavy atom. The van der Waals surface area contributed by atoms with E-state index in [1.165, 1.54) is 13.3 Å². The minimum atomic E-state index is -3.60. The van der Waals surface area contributed by atoms with Gasteiger partial charge in [0.1, 0.15) is 5.82 Å². The first kappa shape index (κ1) is 14.4. The smallest absolute Gasteiger partial charge is 0.300 e. The largest absolute Gasteiger partial charge is 0.383 e. The number of pyridine rings is 1. The lowest BCUT2D eigenvalue weighted by molar-refractivity contribution is 0.204. The fourth-order valence-electron chi connectivity index (χ4n) is 1.09. The van der Waals surface area contributed by atoms with Crippen LogP contribution in [0.2, 0.25) is 0 Å². The van der Waals surface area contributed by atoms with Crippen LogP contribution in [0.5, 0.6) is 0 Å². The maximum Gasteiger partial charge on any atom is 0.300 e. The number of ether oxygens (including phenoxy) is 1. The SMILES string of the molecule is COCCNS(=O)(=O)Nc1ncc(Br)cc1C. The molecule has 96 valence electrons. The molecule has 0 aliphatic rings. The lowest BCUT2D eigenvalue weighted by Gasteiger charge is -2.10. The minimum absolute atomic E-state index is 0.210. The van der Waals surface area contributed by atoms with Gasteiger partial charge in [-0.05, 0) is 34.5 Å². The van der Waals surface area contributed by atoms with E-state index in [1.807, 2.05) is 0 Å². The number of nitrogens with one attached hydrogen (secondary N) is 2.